The molecule has 5 nitrogen and oxygen atoms in total. The van der Waals surface area contributed by atoms with Gasteiger partial charge in [-0.2, -0.15) is 13.2 Å². The van der Waals surface area contributed by atoms with E-state index < -0.39 is 28.9 Å². The van der Waals surface area contributed by atoms with Crippen LogP contribution in [-0.2, 0) is 11.0 Å². The fourth-order valence-corrected chi connectivity index (χ4v) is 2.50. The first-order valence-corrected chi connectivity index (χ1v) is 6.62. The second-order valence-electron chi connectivity index (χ2n) is 5.24. The number of carbonyl (C=O) groups is 1. The molecule has 4 N–H and O–H groups in total. The zero-order valence-electron chi connectivity index (χ0n) is 11.2. The number of aromatic amines is 1. The number of rotatable bonds is 3. The monoisotopic (exact) mass is 303 g/mol. The lowest BCUT2D eigenvalue weighted by Gasteiger charge is -2.15. The average Bonchev–Trinajstić information content (AvgIpc) is 2.76. The van der Waals surface area contributed by atoms with Crippen LogP contribution in [0.1, 0.15) is 31.2 Å². The molecule has 2 rings (SSSR count). The Kier molecular flexibility index (Phi) is 4.36. The first-order chi connectivity index (χ1) is 9.77. The molecule has 116 valence electrons. The molecule has 0 saturated heterocycles. The molecule has 0 spiro atoms. The molecule has 1 fully saturated rings. The number of halogens is 3. The third-order valence-corrected chi connectivity index (χ3v) is 3.67. The molecule has 1 aromatic rings. The summed E-state index contributed by atoms with van der Waals surface area (Å²) in [5, 5.41) is 2.23. The van der Waals surface area contributed by atoms with E-state index in [1.807, 2.05) is 4.98 Å². The Bertz CT molecular complexity index is 583. The summed E-state index contributed by atoms with van der Waals surface area (Å²) in [5.74, 6) is -0.489. The number of alkyl halides is 3. The lowest BCUT2D eigenvalue weighted by Crippen LogP contribution is -2.29. The Morgan fingerprint density at radius 2 is 2.14 bits per heavy atom. The summed E-state index contributed by atoms with van der Waals surface area (Å²) in [6.45, 7) is 0. The molecular weight excluding hydrogens is 287 g/mol. The van der Waals surface area contributed by atoms with Crippen molar-refractivity contribution in [2.24, 2.45) is 11.7 Å². The maximum absolute atomic E-state index is 12.6. The minimum Gasteiger partial charge on any atom is -0.327 e. The van der Waals surface area contributed by atoms with Crippen LogP contribution in [0.3, 0.4) is 0 Å². The second kappa shape index (κ2) is 5.88. The summed E-state index contributed by atoms with van der Waals surface area (Å²) in [7, 11) is 0. The van der Waals surface area contributed by atoms with Crippen molar-refractivity contribution < 1.29 is 18.0 Å². The van der Waals surface area contributed by atoms with Crippen LogP contribution in [0.2, 0.25) is 0 Å². The summed E-state index contributed by atoms with van der Waals surface area (Å²) < 4.78 is 37.7. The number of nitrogens with one attached hydrogen (secondary N) is 2. The normalized spacial score (nSPS) is 22.3. The summed E-state index contributed by atoms with van der Waals surface area (Å²) in [4.78, 5) is 25.3. The highest BCUT2D eigenvalue weighted by atomic mass is 19.4. The van der Waals surface area contributed by atoms with Gasteiger partial charge in [0.15, 0.2) is 0 Å². The number of H-pyrrole nitrogens is 1. The maximum atomic E-state index is 12.6. The predicted octanol–water partition coefficient (Wildman–Crippen LogP) is 1.85. The molecule has 1 amide bonds. The molecule has 1 heterocycles. The highest BCUT2D eigenvalue weighted by Crippen LogP contribution is 2.30. The summed E-state index contributed by atoms with van der Waals surface area (Å²) >= 11 is 0. The zero-order valence-corrected chi connectivity index (χ0v) is 11.2. The van der Waals surface area contributed by atoms with Crippen LogP contribution < -0.4 is 16.6 Å². The fraction of sp³-hybridized carbons (Fsp3) is 0.538. The molecule has 2 atom stereocenters. The van der Waals surface area contributed by atoms with Crippen molar-refractivity contribution in [3.8, 4) is 0 Å². The third kappa shape index (κ3) is 3.84. The first kappa shape index (κ1) is 15.6. The molecule has 0 aromatic carbocycles. The number of hydrogen-bond acceptors (Lipinski definition) is 3. The third-order valence-electron chi connectivity index (χ3n) is 3.67. The minimum absolute atomic E-state index is 0.00915. The van der Waals surface area contributed by atoms with Gasteiger partial charge in [0, 0.05) is 18.7 Å². The van der Waals surface area contributed by atoms with E-state index in [0.717, 1.165) is 19.3 Å². The Hall–Kier alpha value is -1.83. The molecule has 1 aromatic heterocycles. The summed E-state index contributed by atoms with van der Waals surface area (Å²) in [6.07, 6.45) is -1.32. The van der Waals surface area contributed by atoms with Gasteiger partial charge in [0.2, 0.25) is 5.91 Å². The number of hydrogen-bond donors (Lipinski definition) is 3. The van der Waals surface area contributed by atoms with Crippen LogP contribution >= 0.6 is 0 Å². The van der Waals surface area contributed by atoms with E-state index in [2.05, 4.69) is 5.32 Å². The van der Waals surface area contributed by atoms with Gasteiger partial charge in [0.25, 0.3) is 5.56 Å². The largest absolute Gasteiger partial charge is 0.417 e. The van der Waals surface area contributed by atoms with E-state index in [1.54, 1.807) is 0 Å². The van der Waals surface area contributed by atoms with Crippen molar-refractivity contribution >= 4 is 11.6 Å². The van der Waals surface area contributed by atoms with Gasteiger partial charge in [0.1, 0.15) is 5.69 Å². The van der Waals surface area contributed by atoms with Crippen molar-refractivity contribution in [3.63, 3.8) is 0 Å². The fourth-order valence-electron chi connectivity index (χ4n) is 2.50. The number of amides is 1. The standard InChI is InChI=1S/C13H16F3N3O2/c14-13(15,16)8-5-10(12(21)18-6-8)19-11(20)4-7-2-1-3-9(7)17/h5-7,9H,1-4,17H2,(H,18,21)(H,19,20)/t7-,9+/m0/s1. The molecular formula is C13H16F3N3O2. The quantitative estimate of drug-likeness (QED) is 0.796. The lowest BCUT2D eigenvalue weighted by molar-refractivity contribution is -0.137. The van der Waals surface area contributed by atoms with Crippen molar-refractivity contribution in [1.29, 1.82) is 0 Å². The number of carbonyl (C=O) groups excluding carboxylic acids is 1. The number of nitrogens with two attached hydrogens (primary N) is 1. The first-order valence-electron chi connectivity index (χ1n) is 6.62. The van der Waals surface area contributed by atoms with Gasteiger partial charge in [-0.1, -0.05) is 6.42 Å². The van der Waals surface area contributed by atoms with Crippen LogP contribution in [-0.4, -0.2) is 16.9 Å². The van der Waals surface area contributed by atoms with Crippen molar-refractivity contribution in [3.05, 3.63) is 28.2 Å². The van der Waals surface area contributed by atoms with Crippen LogP contribution in [0.5, 0.6) is 0 Å². The van der Waals surface area contributed by atoms with E-state index in [9.17, 15) is 22.8 Å². The molecule has 0 radical (unpaired) electrons. The summed E-state index contributed by atoms with van der Waals surface area (Å²) in [5.41, 5.74) is 3.64. The van der Waals surface area contributed by atoms with Crippen LogP contribution in [0.25, 0.3) is 0 Å². The van der Waals surface area contributed by atoms with Crippen LogP contribution in [0.15, 0.2) is 17.1 Å². The topological polar surface area (TPSA) is 88.0 Å². The molecule has 1 aliphatic rings. The van der Waals surface area contributed by atoms with E-state index in [-0.39, 0.29) is 18.4 Å². The molecule has 21 heavy (non-hydrogen) atoms. The predicted molar refractivity (Wildman–Crippen MR) is 70.6 cm³/mol. The van der Waals surface area contributed by atoms with Crippen molar-refractivity contribution in [1.82, 2.24) is 4.98 Å². The van der Waals surface area contributed by atoms with Crippen LogP contribution in [0.4, 0.5) is 18.9 Å². The Balaban J connectivity index is 2.08. The molecule has 1 aliphatic carbocycles. The number of anilines is 1. The van der Waals surface area contributed by atoms with E-state index in [1.165, 1.54) is 0 Å². The van der Waals surface area contributed by atoms with E-state index >= 15 is 0 Å². The van der Waals surface area contributed by atoms with E-state index in [4.69, 9.17) is 5.73 Å². The average molecular weight is 303 g/mol. The van der Waals surface area contributed by atoms with E-state index in [0.29, 0.717) is 12.3 Å². The molecule has 0 unspecified atom stereocenters. The van der Waals surface area contributed by atoms with Crippen molar-refractivity contribution in [2.45, 2.75) is 37.9 Å². The molecule has 0 aliphatic heterocycles. The Labute approximate surface area is 118 Å². The zero-order chi connectivity index (χ0) is 15.6. The highest BCUT2D eigenvalue weighted by molar-refractivity contribution is 5.90. The second-order valence-corrected chi connectivity index (χ2v) is 5.24. The Morgan fingerprint density at radius 1 is 1.43 bits per heavy atom. The van der Waals surface area contributed by atoms with Gasteiger partial charge < -0.3 is 16.0 Å². The van der Waals surface area contributed by atoms with Gasteiger partial charge in [-0.25, -0.2) is 0 Å². The van der Waals surface area contributed by atoms with Gasteiger partial charge in [-0.05, 0) is 24.8 Å². The van der Waals surface area contributed by atoms with Gasteiger partial charge in [0.05, 0.1) is 5.56 Å². The lowest BCUT2D eigenvalue weighted by atomic mass is 10.00. The van der Waals surface area contributed by atoms with Gasteiger partial charge >= 0.3 is 6.18 Å². The van der Waals surface area contributed by atoms with Crippen LogP contribution in [0, 0.1) is 5.92 Å². The molecule has 0 bridgehead atoms. The number of pyridine rings is 1. The molecule has 1 saturated carbocycles. The maximum Gasteiger partial charge on any atom is 0.417 e. The van der Waals surface area contributed by atoms with Gasteiger partial charge in [-0.3, -0.25) is 9.59 Å². The van der Waals surface area contributed by atoms with Crippen molar-refractivity contribution in [2.75, 3.05) is 5.32 Å². The Morgan fingerprint density at radius 3 is 2.71 bits per heavy atom. The number of aromatic nitrogens is 1. The van der Waals surface area contributed by atoms with Gasteiger partial charge in [-0.15, -0.1) is 0 Å². The smallest absolute Gasteiger partial charge is 0.327 e. The minimum atomic E-state index is -4.59. The summed E-state index contributed by atoms with van der Waals surface area (Å²) in [6, 6.07) is 0.557. The highest BCUT2D eigenvalue weighted by Gasteiger charge is 2.32. The molecule has 8 heteroatoms. The SMILES string of the molecule is N[C@@H]1CCC[C@H]1CC(=O)Nc1cc(C(F)(F)F)c[nH]c1=O.